The summed E-state index contributed by atoms with van der Waals surface area (Å²) in [5, 5.41) is 6.85. The molecule has 47 heavy (non-hydrogen) atoms. The third-order valence-electron chi connectivity index (χ3n) is 7.99. The number of nitrogens with one attached hydrogen (secondary N) is 1. The van der Waals surface area contributed by atoms with Gasteiger partial charge in [0, 0.05) is 20.1 Å². The second kappa shape index (κ2) is 13.2. The van der Waals surface area contributed by atoms with Crippen LogP contribution in [0.25, 0.3) is 11.4 Å². The summed E-state index contributed by atoms with van der Waals surface area (Å²) in [6.45, 7) is 8.48. The highest BCUT2D eigenvalue weighted by Gasteiger charge is 2.35. The first-order valence-electron chi connectivity index (χ1n) is 15.2. The number of carbonyl (C=O) groups excluding carboxylic acids is 2. The molecule has 254 valence electrons. The van der Waals surface area contributed by atoms with E-state index in [-0.39, 0.29) is 29.1 Å². The zero-order valence-corrected chi connectivity index (χ0v) is 27.5. The lowest BCUT2D eigenvalue weighted by atomic mass is 10.1. The van der Waals surface area contributed by atoms with E-state index in [1.54, 1.807) is 32.4 Å². The number of fused-ring (bicyclic) bond motifs is 1. The van der Waals surface area contributed by atoms with Crippen molar-refractivity contribution in [1.29, 1.82) is 0 Å². The van der Waals surface area contributed by atoms with E-state index in [9.17, 15) is 27.6 Å². The number of likely N-dealkylation sites (N-methyl/N-ethyl adjacent to an activating group) is 1. The molecule has 1 atom stereocenters. The zero-order chi connectivity index (χ0) is 34.3. The highest BCUT2D eigenvalue weighted by molar-refractivity contribution is 6.33. The van der Waals surface area contributed by atoms with Crippen LogP contribution in [0.15, 0.2) is 29.1 Å². The number of alkyl halides is 3. The fraction of sp³-hybridized carbons (Fsp3) is 0.516. The summed E-state index contributed by atoms with van der Waals surface area (Å²) in [6, 6.07) is 2.42. The second-order valence-electron chi connectivity index (χ2n) is 12.5. The number of aromatic nitrogens is 4. The summed E-state index contributed by atoms with van der Waals surface area (Å²) in [5.74, 6) is -0.140. The molecule has 1 saturated heterocycles. The van der Waals surface area contributed by atoms with E-state index < -0.39 is 34.9 Å². The Labute approximate surface area is 274 Å². The number of halogens is 4. The molecule has 0 aliphatic carbocycles. The van der Waals surface area contributed by atoms with Gasteiger partial charge in [-0.15, -0.1) is 5.10 Å². The summed E-state index contributed by atoms with van der Waals surface area (Å²) in [6.07, 6.45) is -1.79. The van der Waals surface area contributed by atoms with Crippen LogP contribution in [0, 0.1) is 0 Å². The SMILES string of the molecule is CCc1c(N2CCC(N(C)C(=O)OC(C)(C)C)C2)c(=O)n2nc(C3=CCOCC3)nc2n1CC(=O)Nc1ccc(C(F)(F)F)cc1Cl. The second-order valence-corrected chi connectivity index (χ2v) is 12.9. The number of anilines is 2. The van der Waals surface area contributed by atoms with Gasteiger partial charge < -0.3 is 29.2 Å². The lowest BCUT2D eigenvalue weighted by Crippen LogP contribution is -2.43. The van der Waals surface area contributed by atoms with Crippen LogP contribution >= 0.6 is 11.6 Å². The van der Waals surface area contributed by atoms with Gasteiger partial charge in [-0.3, -0.25) is 9.59 Å². The van der Waals surface area contributed by atoms with Gasteiger partial charge in [-0.1, -0.05) is 24.6 Å². The van der Waals surface area contributed by atoms with Crippen LogP contribution in [0.4, 0.5) is 29.3 Å². The van der Waals surface area contributed by atoms with E-state index in [4.69, 9.17) is 21.1 Å². The van der Waals surface area contributed by atoms with Crippen molar-refractivity contribution >= 4 is 46.3 Å². The highest BCUT2D eigenvalue weighted by atomic mass is 35.5. The van der Waals surface area contributed by atoms with Gasteiger partial charge in [-0.05, 0) is 63.8 Å². The minimum absolute atomic E-state index is 0.00193. The Morgan fingerprint density at radius 1 is 1.23 bits per heavy atom. The van der Waals surface area contributed by atoms with Gasteiger partial charge in [0.15, 0.2) is 5.82 Å². The fourth-order valence-electron chi connectivity index (χ4n) is 5.67. The van der Waals surface area contributed by atoms with Crippen LogP contribution in [0.5, 0.6) is 0 Å². The van der Waals surface area contributed by atoms with Gasteiger partial charge in [0.25, 0.3) is 5.56 Å². The van der Waals surface area contributed by atoms with Crippen LogP contribution in [0.1, 0.15) is 57.6 Å². The summed E-state index contributed by atoms with van der Waals surface area (Å²) < 4.78 is 53.2. The molecule has 1 aromatic carbocycles. The van der Waals surface area contributed by atoms with E-state index in [1.165, 1.54) is 9.42 Å². The first kappa shape index (κ1) is 34.2. The lowest BCUT2D eigenvalue weighted by molar-refractivity contribution is -0.137. The molecule has 2 aliphatic rings. The number of amides is 2. The van der Waals surface area contributed by atoms with Crippen LogP contribution in [0.3, 0.4) is 0 Å². The first-order chi connectivity index (χ1) is 22.1. The molecule has 3 aromatic rings. The van der Waals surface area contributed by atoms with Crippen molar-refractivity contribution in [2.24, 2.45) is 0 Å². The molecule has 5 rings (SSSR count). The Morgan fingerprint density at radius 3 is 2.60 bits per heavy atom. The largest absolute Gasteiger partial charge is 0.444 e. The van der Waals surface area contributed by atoms with E-state index >= 15 is 0 Å². The molecule has 2 amide bonds. The van der Waals surface area contributed by atoms with Crippen LogP contribution in [-0.4, -0.2) is 81.1 Å². The Morgan fingerprint density at radius 2 is 1.98 bits per heavy atom. The van der Waals surface area contributed by atoms with Crippen molar-refractivity contribution in [3.63, 3.8) is 0 Å². The molecule has 1 fully saturated rings. The smallest absolute Gasteiger partial charge is 0.416 e. The monoisotopic (exact) mass is 679 g/mol. The lowest BCUT2D eigenvalue weighted by Gasteiger charge is -2.29. The molecule has 0 radical (unpaired) electrons. The topological polar surface area (TPSA) is 123 Å². The Balaban J connectivity index is 1.53. The molecule has 1 unspecified atom stereocenters. The minimum atomic E-state index is -4.60. The molecule has 0 bridgehead atoms. The van der Waals surface area contributed by atoms with E-state index in [0.717, 1.165) is 23.8 Å². The highest BCUT2D eigenvalue weighted by Crippen LogP contribution is 2.34. The standard InChI is InChI=1S/C31H37ClF3N7O5/c1-6-23-25(40-12-9-20(16-40)39(5)29(45)47-30(2,3)4)27(44)42-28(37-26(38-42)18-10-13-46-14-11-18)41(23)17-24(43)36-22-8-7-19(15-21(22)32)31(33,34)35/h7-8,10,15,20H,6,9,11-14,16-17H2,1-5H3,(H,36,43). The molecule has 4 heterocycles. The maximum Gasteiger partial charge on any atom is 0.416 e. The average molecular weight is 680 g/mol. The van der Waals surface area contributed by atoms with E-state index in [1.807, 2.05) is 17.9 Å². The number of nitrogens with zero attached hydrogens (tertiary/aromatic N) is 6. The molecule has 0 spiro atoms. The molecule has 1 N–H and O–H groups in total. The van der Waals surface area contributed by atoms with E-state index in [2.05, 4.69) is 15.4 Å². The van der Waals surface area contributed by atoms with Crippen molar-refractivity contribution in [2.45, 2.75) is 71.3 Å². The van der Waals surface area contributed by atoms with Gasteiger partial charge >= 0.3 is 12.3 Å². The van der Waals surface area contributed by atoms with E-state index in [0.29, 0.717) is 62.8 Å². The fourth-order valence-corrected chi connectivity index (χ4v) is 5.89. The van der Waals surface area contributed by atoms with Gasteiger partial charge in [-0.25, -0.2) is 4.79 Å². The van der Waals surface area contributed by atoms with Crippen molar-refractivity contribution in [1.82, 2.24) is 24.1 Å². The number of hydrogen-bond acceptors (Lipinski definition) is 8. The number of hydrogen-bond donors (Lipinski definition) is 1. The normalized spacial score (nSPS) is 17.2. The first-order valence-corrected chi connectivity index (χ1v) is 15.6. The van der Waals surface area contributed by atoms with Gasteiger partial charge in [0.2, 0.25) is 11.7 Å². The van der Waals surface area contributed by atoms with Crippen molar-refractivity contribution in [3.05, 3.63) is 56.7 Å². The quantitative estimate of drug-likeness (QED) is 0.370. The maximum absolute atomic E-state index is 14.1. The molecule has 2 aliphatic heterocycles. The Kier molecular flexibility index (Phi) is 9.60. The minimum Gasteiger partial charge on any atom is -0.444 e. The van der Waals surface area contributed by atoms with Crippen molar-refractivity contribution in [3.8, 4) is 0 Å². The molecule has 0 saturated carbocycles. The maximum atomic E-state index is 14.1. The zero-order valence-electron chi connectivity index (χ0n) is 26.8. The number of ether oxygens (including phenoxy) is 2. The predicted molar refractivity (Wildman–Crippen MR) is 170 cm³/mol. The van der Waals surface area contributed by atoms with Gasteiger partial charge in [0.05, 0.1) is 41.2 Å². The Hall–Kier alpha value is -4.11. The van der Waals surface area contributed by atoms with Crippen LogP contribution in [0.2, 0.25) is 5.02 Å². The number of carbonyl (C=O) groups is 2. The van der Waals surface area contributed by atoms with Crippen LogP contribution in [-0.2, 0) is 33.4 Å². The molecule has 12 nitrogen and oxygen atoms in total. The molecular formula is C31H37ClF3N7O5. The predicted octanol–water partition coefficient (Wildman–Crippen LogP) is 5.01. The average Bonchev–Trinajstić information content (AvgIpc) is 3.67. The summed E-state index contributed by atoms with van der Waals surface area (Å²) in [5.41, 5.74) is -0.414. The van der Waals surface area contributed by atoms with Crippen molar-refractivity contribution < 1.29 is 32.2 Å². The number of rotatable bonds is 7. The van der Waals surface area contributed by atoms with Crippen molar-refractivity contribution in [2.75, 3.05) is 43.6 Å². The Bertz CT molecular complexity index is 1780. The van der Waals surface area contributed by atoms with Gasteiger partial charge in [0.1, 0.15) is 17.8 Å². The summed E-state index contributed by atoms with van der Waals surface area (Å²) in [4.78, 5) is 48.4. The summed E-state index contributed by atoms with van der Waals surface area (Å²) >= 11 is 6.11. The molecular weight excluding hydrogens is 643 g/mol. The third kappa shape index (κ3) is 7.40. The molecule has 16 heteroatoms. The number of benzene rings is 1. The third-order valence-corrected chi connectivity index (χ3v) is 8.30. The van der Waals surface area contributed by atoms with Crippen LogP contribution < -0.4 is 15.8 Å². The summed E-state index contributed by atoms with van der Waals surface area (Å²) in [7, 11) is 1.66. The van der Waals surface area contributed by atoms with Gasteiger partial charge in [-0.2, -0.15) is 22.7 Å². The molecule has 2 aromatic heterocycles.